The maximum Gasteiger partial charge on any atom is 0.261 e. The summed E-state index contributed by atoms with van der Waals surface area (Å²) in [5.74, 6) is -1.83. The van der Waals surface area contributed by atoms with E-state index < -0.39 is 17.9 Å². The molecule has 6 heteroatoms. The average Bonchev–Trinajstić information content (AvgIpc) is 3.01. The number of carbonyl (C=O) groups is 3. The zero-order valence-electron chi connectivity index (χ0n) is 20.4. The lowest BCUT2D eigenvalue weighted by Crippen LogP contribution is -2.47. The number of nitrogens with zero attached hydrogens (tertiary/aromatic N) is 1. The van der Waals surface area contributed by atoms with E-state index in [1.807, 2.05) is 60.7 Å². The van der Waals surface area contributed by atoms with Gasteiger partial charge < -0.3 is 11.1 Å². The van der Waals surface area contributed by atoms with Crippen LogP contribution in [0.4, 0.5) is 11.4 Å². The number of nitrogen functional groups attached to an aromatic ring is 1. The van der Waals surface area contributed by atoms with Gasteiger partial charge in [0.2, 0.25) is 11.8 Å². The maximum absolute atomic E-state index is 14.3. The molecule has 3 amide bonds. The third-order valence-corrected chi connectivity index (χ3v) is 6.72. The molecular weight excluding hydrogens is 462 g/mol. The summed E-state index contributed by atoms with van der Waals surface area (Å²) in [6, 6.07) is 30.0. The van der Waals surface area contributed by atoms with Gasteiger partial charge in [-0.05, 0) is 41.3 Å². The highest BCUT2D eigenvalue weighted by atomic mass is 16.2. The molecule has 37 heavy (non-hydrogen) atoms. The van der Waals surface area contributed by atoms with Crippen molar-refractivity contribution in [3.63, 3.8) is 0 Å². The van der Waals surface area contributed by atoms with Crippen LogP contribution >= 0.6 is 0 Å². The second kappa shape index (κ2) is 10.1. The van der Waals surface area contributed by atoms with Crippen LogP contribution in [0, 0.1) is 0 Å². The molecule has 0 saturated heterocycles. The summed E-state index contributed by atoms with van der Waals surface area (Å²) in [5, 5.41) is 2.89. The number of hydrogen-bond acceptors (Lipinski definition) is 4. The molecule has 0 spiro atoms. The summed E-state index contributed by atoms with van der Waals surface area (Å²) >= 11 is 0. The molecule has 1 unspecified atom stereocenters. The fraction of sp³-hybridized carbons (Fsp3) is 0.129. The van der Waals surface area contributed by atoms with Gasteiger partial charge in [-0.1, -0.05) is 91.0 Å². The lowest BCUT2D eigenvalue weighted by molar-refractivity contribution is -0.131. The molecule has 2 atom stereocenters. The minimum Gasteiger partial charge on any atom is -0.398 e. The number of carbonyl (C=O) groups excluding carboxylic acids is 3. The fourth-order valence-electron chi connectivity index (χ4n) is 4.87. The van der Waals surface area contributed by atoms with Gasteiger partial charge in [-0.3, -0.25) is 14.4 Å². The molecule has 4 aromatic rings. The number of benzene rings is 4. The van der Waals surface area contributed by atoms with Crippen LogP contribution in [0.25, 0.3) is 11.1 Å². The topological polar surface area (TPSA) is 92.5 Å². The Hall–Kier alpha value is -4.71. The van der Waals surface area contributed by atoms with E-state index in [1.54, 1.807) is 49.4 Å². The Bertz CT molecular complexity index is 1470. The molecule has 4 aromatic carbocycles. The Balaban J connectivity index is 1.58. The summed E-state index contributed by atoms with van der Waals surface area (Å²) in [7, 11) is 0. The highest BCUT2D eigenvalue weighted by Crippen LogP contribution is 2.44. The van der Waals surface area contributed by atoms with Gasteiger partial charge in [0.1, 0.15) is 6.04 Å². The van der Waals surface area contributed by atoms with Crippen molar-refractivity contribution in [1.29, 1.82) is 0 Å². The van der Waals surface area contributed by atoms with E-state index in [1.165, 1.54) is 4.90 Å². The standard InChI is InChI=1S/C31H27N3O3/c1-20-23-15-8-9-16-24(23)28-25(32)17-10-18-26(28)34(30(20)36)31(37)29(22-13-6-3-7-14-22)33-27(35)19-21-11-4-2-5-12-21/h2-18,20,29H,19,32H2,1H3,(H,33,35)/t20?,29-/m0/s1. The zero-order chi connectivity index (χ0) is 25.9. The van der Waals surface area contributed by atoms with Crippen molar-refractivity contribution in [2.45, 2.75) is 25.3 Å². The second-order valence-electron chi connectivity index (χ2n) is 9.14. The largest absolute Gasteiger partial charge is 0.398 e. The predicted octanol–water partition coefficient (Wildman–Crippen LogP) is 5.01. The summed E-state index contributed by atoms with van der Waals surface area (Å²) in [6.07, 6.45) is 0.108. The lowest BCUT2D eigenvalue weighted by atomic mass is 9.92. The molecule has 5 rings (SSSR count). The van der Waals surface area contributed by atoms with Crippen molar-refractivity contribution in [1.82, 2.24) is 5.32 Å². The molecule has 1 aliphatic rings. The van der Waals surface area contributed by atoms with Crippen LogP contribution in [0.1, 0.15) is 35.6 Å². The lowest BCUT2D eigenvalue weighted by Gasteiger charge is -2.28. The van der Waals surface area contributed by atoms with Crippen LogP contribution < -0.4 is 16.0 Å². The molecule has 0 radical (unpaired) electrons. The Morgan fingerprint density at radius 1 is 0.865 bits per heavy atom. The number of nitrogens with one attached hydrogen (secondary N) is 1. The van der Waals surface area contributed by atoms with Crippen LogP contribution in [0.5, 0.6) is 0 Å². The molecule has 0 fully saturated rings. The SMILES string of the molecule is CC1C(=O)N(C(=O)[C@@H](NC(=O)Cc2ccccc2)c2ccccc2)c2cccc(N)c2-c2ccccc21. The van der Waals surface area contributed by atoms with Gasteiger partial charge in [0, 0.05) is 11.3 Å². The minimum atomic E-state index is -1.07. The highest BCUT2D eigenvalue weighted by molar-refractivity contribution is 6.22. The van der Waals surface area contributed by atoms with Gasteiger partial charge in [0.25, 0.3) is 5.91 Å². The number of rotatable bonds is 5. The minimum absolute atomic E-state index is 0.108. The van der Waals surface area contributed by atoms with E-state index in [9.17, 15) is 14.4 Å². The number of imide groups is 1. The van der Waals surface area contributed by atoms with E-state index >= 15 is 0 Å². The van der Waals surface area contributed by atoms with Crippen molar-refractivity contribution in [3.8, 4) is 11.1 Å². The van der Waals surface area contributed by atoms with Crippen LogP contribution in [-0.4, -0.2) is 17.7 Å². The van der Waals surface area contributed by atoms with E-state index in [0.717, 1.165) is 16.7 Å². The van der Waals surface area contributed by atoms with Gasteiger partial charge in [0.05, 0.1) is 18.0 Å². The zero-order valence-corrected chi connectivity index (χ0v) is 20.4. The summed E-state index contributed by atoms with van der Waals surface area (Å²) in [4.78, 5) is 42.4. The summed E-state index contributed by atoms with van der Waals surface area (Å²) in [6.45, 7) is 1.79. The number of amides is 3. The Labute approximate surface area is 215 Å². The van der Waals surface area contributed by atoms with Crippen LogP contribution in [0.2, 0.25) is 0 Å². The van der Waals surface area contributed by atoms with Crippen molar-refractivity contribution in [2.24, 2.45) is 0 Å². The third-order valence-electron chi connectivity index (χ3n) is 6.72. The number of nitrogens with two attached hydrogens (primary N) is 1. The van der Waals surface area contributed by atoms with Crippen molar-refractivity contribution in [2.75, 3.05) is 10.6 Å². The molecule has 1 aliphatic heterocycles. The van der Waals surface area contributed by atoms with E-state index in [-0.39, 0.29) is 18.2 Å². The van der Waals surface area contributed by atoms with Crippen LogP contribution in [0.3, 0.4) is 0 Å². The molecule has 0 saturated carbocycles. The molecule has 184 valence electrons. The van der Waals surface area contributed by atoms with Crippen molar-refractivity contribution >= 4 is 29.1 Å². The maximum atomic E-state index is 14.3. The second-order valence-corrected chi connectivity index (χ2v) is 9.14. The Kier molecular flexibility index (Phi) is 6.56. The Morgan fingerprint density at radius 3 is 2.24 bits per heavy atom. The highest BCUT2D eigenvalue weighted by Gasteiger charge is 2.39. The van der Waals surface area contributed by atoms with E-state index in [0.29, 0.717) is 22.5 Å². The molecule has 3 N–H and O–H groups in total. The summed E-state index contributed by atoms with van der Waals surface area (Å²) < 4.78 is 0. The normalized spacial score (nSPS) is 15.2. The molecule has 1 heterocycles. The summed E-state index contributed by atoms with van der Waals surface area (Å²) in [5.41, 5.74) is 10.9. The van der Waals surface area contributed by atoms with E-state index in [2.05, 4.69) is 5.32 Å². The quantitative estimate of drug-likeness (QED) is 0.385. The van der Waals surface area contributed by atoms with Crippen LogP contribution in [0.15, 0.2) is 103 Å². The van der Waals surface area contributed by atoms with Gasteiger partial charge in [-0.2, -0.15) is 0 Å². The van der Waals surface area contributed by atoms with Gasteiger partial charge in [-0.25, -0.2) is 4.90 Å². The Morgan fingerprint density at radius 2 is 1.51 bits per heavy atom. The molecule has 6 nitrogen and oxygen atoms in total. The monoisotopic (exact) mass is 489 g/mol. The first-order chi connectivity index (χ1) is 18.0. The average molecular weight is 490 g/mol. The fourth-order valence-corrected chi connectivity index (χ4v) is 4.87. The predicted molar refractivity (Wildman–Crippen MR) is 145 cm³/mol. The van der Waals surface area contributed by atoms with Gasteiger partial charge >= 0.3 is 0 Å². The molecule has 0 bridgehead atoms. The molecule has 0 aliphatic carbocycles. The van der Waals surface area contributed by atoms with Crippen LogP contribution in [-0.2, 0) is 20.8 Å². The molecule has 0 aromatic heterocycles. The number of hydrogen-bond donors (Lipinski definition) is 2. The smallest absolute Gasteiger partial charge is 0.261 e. The van der Waals surface area contributed by atoms with Crippen molar-refractivity contribution in [3.05, 3.63) is 120 Å². The number of fused-ring (bicyclic) bond motifs is 3. The first kappa shape index (κ1) is 24.0. The van der Waals surface area contributed by atoms with E-state index in [4.69, 9.17) is 5.73 Å². The van der Waals surface area contributed by atoms with Gasteiger partial charge in [0.15, 0.2) is 0 Å². The van der Waals surface area contributed by atoms with Gasteiger partial charge in [-0.15, -0.1) is 0 Å². The first-order valence-electron chi connectivity index (χ1n) is 12.2. The third kappa shape index (κ3) is 4.61. The molecular formula is C31H27N3O3. The first-order valence-corrected chi connectivity index (χ1v) is 12.2. The number of anilines is 2. The van der Waals surface area contributed by atoms with Crippen molar-refractivity contribution < 1.29 is 14.4 Å².